The maximum Gasteiger partial charge on any atom is 0.407 e. The van der Waals surface area contributed by atoms with E-state index in [4.69, 9.17) is 5.11 Å². The quantitative estimate of drug-likeness (QED) is 0.625. The van der Waals surface area contributed by atoms with Crippen LogP contribution in [0.4, 0.5) is 4.79 Å². The summed E-state index contributed by atoms with van der Waals surface area (Å²) in [5.74, 6) is 0. The molecule has 0 radical (unpaired) electrons. The van der Waals surface area contributed by atoms with E-state index >= 15 is 0 Å². The van der Waals surface area contributed by atoms with Crippen LogP contribution in [0, 0.1) is 0 Å². The van der Waals surface area contributed by atoms with Crippen molar-refractivity contribution in [2.45, 2.75) is 11.7 Å². The van der Waals surface area contributed by atoms with E-state index in [2.05, 4.69) is 0 Å². The highest BCUT2D eigenvalue weighted by Gasteiger charge is 2.32. The van der Waals surface area contributed by atoms with Gasteiger partial charge in [-0.05, 0) is 6.42 Å². The van der Waals surface area contributed by atoms with Gasteiger partial charge in [-0.15, -0.1) is 0 Å². The molecular weight excluding hydrogens is 182 g/mol. The Morgan fingerprint density at radius 2 is 2.17 bits per heavy atom. The summed E-state index contributed by atoms with van der Waals surface area (Å²) in [5, 5.41) is 8.02. The van der Waals surface area contributed by atoms with E-state index < -0.39 is 21.2 Å². The van der Waals surface area contributed by atoms with E-state index in [1.807, 2.05) is 0 Å². The second-order valence-electron chi connectivity index (χ2n) is 2.97. The molecular formula is C6H11NO4S. The highest BCUT2D eigenvalue weighted by Crippen LogP contribution is 2.15. The molecule has 1 heterocycles. The van der Waals surface area contributed by atoms with Crippen molar-refractivity contribution in [2.24, 2.45) is 0 Å². The number of likely N-dealkylation sites (tertiary alicyclic amines) is 1. The zero-order valence-electron chi connectivity index (χ0n) is 6.73. The molecule has 70 valence electrons. The number of amides is 1. The third-order valence-corrected chi connectivity index (χ3v) is 3.62. The predicted octanol–water partition coefficient (Wildman–Crippen LogP) is -0.217. The van der Waals surface area contributed by atoms with Gasteiger partial charge in [0, 0.05) is 19.3 Å². The van der Waals surface area contributed by atoms with Crippen LogP contribution in [0.3, 0.4) is 0 Å². The molecule has 0 aromatic carbocycles. The average Bonchev–Trinajstić information content (AvgIpc) is 2.30. The maximum atomic E-state index is 11.0. The standard InChI is InChI=1S/C6H11NO4S/c1-12(10,11)5-2-3-7(4-5)6(8)9/h5H,2-4H2,1H3,(H,8,9)/t5-/m1/s1. The number of sulfone groups is 1. The van der Waals surface area contributed by atoms with Gasteiger partial charge >= 0.3 is 6.09 Å². The monoisotopic (exact) mass is 193 g/mol. The number of carboxylic acid groups (broad SMARTS) is 1. The molecule has 1 aliphatic heterocycles. The summed E-state index contributed by atoms with van der Waals surface area (Å²) in [6.07, 6.45) is 0.523. The van der Waals surface area contributed by atoms with E-state index in [9.17, 15) is 13.2 Å². The smallest absolute Gasteiger partial charge is 0.407 e. The van der Waals surface area contributed by atoms with E-state index in [-0.39, 0.29) is 6.54 Å². The van der Waals surface area contributed by atoms with Gasteiger partial charge in [-0.2, -0.15) is 0 Å². The van der Waals surface area contributed by atoms with Gasteiger partial charge in [-0.3, -0.25) is 0 Å². The highest BCUT2D eigenvalue weighted by molar-refractivity contribution is 7.91. The number of hydrogen-bond donors (Lipinski definition) is 1. The first-order valence-electron chi connectivity index (χ1n) is 3.58. The molecule has 12 heavy (non-hydrogen) atoms. The molecule has 0 spiro atoms. The summed E-state index contributed by atoms with van der Waals surface area (Å²) >= 11 is 0. The van der Waals surface area contributed by atoms with Crippen molar-refractivity contribution in [3.8, 4) is 0 Å². The minimum atomic E-state index is -3.07. The van der Waals surface area contributed by atoms with Crippen molar-refractivity contribution in [1.29, 1.82) is 0 Å². The molecule has 1 saturated heterocycles. The number of rotatable bonds is 1. The van der Waals surface area contributed by atoms with Crippen LogP contribution in [0.15, 0.2) is 0 Å². The number of hydrogen-bond acceptors (Lipinski definition) is 3. The van der Waals surface area contributed by atoms with Crippen LogP contribution < -0.4 is 0 Å². The van der Waals surface area contributed by atoms with Crippen LogP contribution in [0.25, 0.3) is 0 Å². The summed E-state index contributed by atoms with van der Waals surface area (Å²) in [4.78, 5) is 11.5. The number of carbonyl (C=O) groups is 1. The Kier molecular flexibility index (Phi) is 2.27. The zero-order chi connectivity index (χ0) is 9.35. The summed E-state index contributed by atoms with van der Waals surface area (Å²) in [7, 11) is -3.07. The fourth-order valence-corrected chi connectivity index (χ4v) is 2.24. The molecule has 0 aromatic heterocycles. The first-order chi connectivity index (χ1) is 5.41. The lowest BCUT2D eigenvalue weighted by Crippen LogP contribution is -2.30. The van der Waals surface area contributed by atoms with Gasteiger partial charge in [0.15, 0.2) is 9.84 Å². The normalized spacial score (nSPS) is 24.4. The van der Waals surface area contributed by atoms with E-state index in [1.54, 1.807) is 0 Å². The molecule has 1 fully saturated rings. The SMILES string of the molecule is CS(=O)(=O)[C@@H]1CCN(C(=O)O)C1. The van der Waals surface area contributed by atoms with Crippen molar-refractivity contribution < 1.29 is 18.3 Å². The van der Waals surface area contributed by atoms with Crippen LogP contribution in [0.2, 0.25) is 0 Å². The topological polar surface area (TPSA) is 74.7 Å². The van der Waals surface area contributed by atoms with Gasteiger partial charge < -0.3 is 10.0 Å². The predicted molar refractivity (Wildman–Crippen MR) is 42.8 cm³/mol. The van der Waals surface area contributed by atoms with Gasteiger partial charge in [0.2, 0.25) is 0 Å². The molecule has 0 unspecified atom stereocenters. The van der Waals surface area contributed by atoms with Crippen LogP contribution >= 0.6 is 0 Å². The van der Waals surface area contributed by atoms with Gasteiger partial charge in [-0.25, -0.2) is 13.2 Å². The lowest BCUT2D eigenvalue weighted by molar-refractivity contribution is 0.156. The molecule has 1 atom stereocenters. The second-order valence-corrected chi connectivity index (χ2v) is 5.29. The second kappa shape index (κ2) is 2.93. The van der Waals surface area contributed by atoms with Crippen LogP contribution in [-0.4, -0.2) is 49.1 Å². The van der Waals surface area contributed by atoms with Crippen molar-refractivity contribution in [2.75, 3.05) is 19.3 Å². The Morgan fingerprint density at radius 3 is 2.42 bits per heavy atom. The summed E-state index contributed by atoms with van der Waals surface area (Å²) in [5.41, 5.74) is 0. The molecule has 1 N–H and O–H groups in total. The lowest BCUT2D eigenvalue weighted by atomic mass is 10.4. The lowest BCUT2D eigenvalue weighted by Gasteiger charge is -2.10. The Labute approximate surface area is 70.9 Å². The highest BCUT2D eigenvalue weighted by atomic mass is 32.2. The Bertz CT molecular complexity index is 284. The van der Waals surface area contributed by atoms with Gasteiger partial charge in [0.1, 0.15) is 0 Å². The van der Waals surface area contributed by atoms with Crippen LogP contribution in [0.5, 0.6) is 0 Å². The number of nitrogens with zero attached hydrogens (tertiary/aromatic N) is 1. The Morgan fingerprint density at radius 1 is 1.58 bits per heavy atom. The summed E-state index contributed by atoms with van der Waals surface area (Å²) < 4.78 is 22.0. The third-order valence-electron chi connectivity index (χ3n) is 2.02. The van der Waals surface area contributed by atoms with Crippen molar-refractivity contribution in [3.05, 3.63) is 0 Å². The van der Waals surface area contributed by atoms with Gasteiger partial charge in [-0.1, -0.05) is 0 Å². The molecule has 0 aliphatic carbocycles. The van der Waals surface area contributed by atoms with Crippen molar-refractivity contribution in [1.82, 2.24) is 4.90 Å². The summed E-state index contributed by atoms with van der Waals surface area (Å²) in [6.45, 7) is 0.446. The third kappa shape index (κ3) is 1.88. The van der Waals surface area contributed by atoms with Gasteiger partial charge in [0.05, 0.1) is 5.25 Å². The fourth-order valence-electron chi connectivity index (χ4n) is 1.25. The van der Waals surface area contributed by atoms with Crippen LogP contribution in [-0.2, 0) is 9.84 Å². The maximum absolute atomic E-state index is 11.0. The van der Waals surface area contributed by atoms with E-state index in [1.165, 1.54) is 0 Å². The van der Waals surface area contributed by atoms with Crippen LogP contribution in [0.1, 0.15) is 6.42 Å². The molecule has 1 aliphatic rings. The Balaban J connectivity index is 2.64. The van der Waals surface area contributed by atoms with Crippen molar-refractivity contribution in [3.63, 3.8) is 0 Å². The Hall–Kier alpha value is -0.780. The molecule has 0 bridgehead atoms. The molecule has 1 amide bonds. The first-order valence-corrected chi connectivity index (χ1v) is 5.53. The average molecular weight is 193 g/mol. The summed E-state index contributed by atoms with van der Waals surface area (Å²) in [6, 6.07) is 0. The fraction of sp³-hybridized carbons (Fsp3) is 0.833. The molecule has 5 nitrogen and oxygen atoms in total. The first kappa shape index (κ1) is 9.31. The zero-order valence-corrected chi connectivity index (χ0v) is 7.54. The van der Waals surface area contributed by atoms with E-state index in [0.717, 1.165) is 11.2 Å². The molecule has 1 rings (SSSR count). The minimum absolute atomic E-state index is 0.119. The molecule has 0 aromatic rings. The van der Waals surface area contributed by atoms with Gasteiger partial charge in [0.25, 0.3) is 0 Å². The largest absolute Gasteiger partial charge is 0.465 e. The van der Waals surface area contributed by atoms with Crippen molar-refractivity contribution >= 4 is 15.9 Å². The minimum Gasteiger partial charge on any atom is -0.465 e. The molecule has 0 saturated carbocycles. The van der Waals surface area contributed by atoms with E-state index in [0.29, 0.717) is 13.0 Å². The molecule has 6 heteroatoms.